The van der Waals surface area contributed by atoms with Crippen LogP contribution in [0.1, 0.15) is 19.3 Å². The molecular weight excluding hydrogens is 383 g/mol. The van der Waals surface area contributed by atoms with Crippen molar-refractivity contribution in [1.82, 2.24) is 25.7 Å². The molecule has 10 heteroatoms. The van der Waals surface area contributed by atoms with Crippen LogP contribution in [0.4, 0.5) is 9.52 Å². The summed E-state index contributed by atoms with van der Waals surface area (Å²) in [7, 11) is 1.87. The van der Waals surface area contributed by atoms with E-state index >= 15 is 0 Å². The van der Waals surface area contributed by atoms with E-state index in [0.717, 1.165) is 19.3 Å². The molecule has 2 saturated heterocycles. The molecule has 2 aliphatic heterocycles. The van der Waals surface area contributed by atoms with E-state index in [-0.39, 0.29) is 17.8 Å². The highest BCUT2D eigenvalue weighted by atomic mass is 32.1. The van der Waals surface area contributed by atoms with Gasteiger partial charge < -0.3 is 19.7 Å². The fourth-order valence-corrected chi connectivity index (χ4v) is 5.00. The molecule has 28 heavy (non-hydrogen) atoms. The van der Waals surface area contributed by atoms with E-state index in [0.29, 0.717) is 33.2 Å². The summed E-state index contributed by atoms with van der Waals surface area (Å²) in [5, 5.41) is 30.9. The predicted molar refractivity (Wildman–Crippen MR) is 102 cm³/mol. The third kappa shape index (κ3) is 2.92. The van der Waals surface area contributed by atoms with Crippen molar-refractivity contribution in [3.05, 3.63) is 24.6 Å². The molecule has 0 radical (unpaired) electrons. The van der Waals surface area contributed by atoms with Crippen LogP contribution in [0.25, 0.3) is 22.0 Å². The fraction of sp³-hybridized carbons (Fsp3) is 0.444. The number of piperidine rings is 1. The summed E-state index contributed by atoms with van der Waals surface area (Å²) in [6.07, 6.45) is 2.97. The van der Waals surface area contributed by atoms with Crippen molar-refractivity contribution in [1.29, 1.82) is 0 Å². The second kappa shape index (κ2) is 6.78. The van der Waals surface area contributed by atoms with Crippen molar-refractivity contribution in [2.45, 2.75) is 43.6 Å². The number of nitrogens with zero attached hydrogens (tertiary/aromatic N) is 5. The van der Waals surface area contributed by atoms with Gasteiger partial charge in [-0.05, 0) is 37.5 Å². The van der Waals surface area contributed by atoms with E-state index in [4.69, 9.17) is 4.42 Å². The lowest BCUT2D eigenvalue weighted by Gasteiger charge is -2.38. The maximum absolute atomic E-state index is 14.8. The van der Waals surface area contributed by atoms with E-state index in [1.54, 1.807) is 18.2 Å². The summed E-state index contributed by atoms with van der Waals surface area (Å²) in [5.41, 5.74) is 1.17. The third-order valence-electron chi connectivity index (χ3n) is 5.60. The van der Waals surface area contributed by atoms with E-state index in [9.17, 15) is 9.50 Å². The molecular formula is C18H19FN6O2S. The topological polar surface area (TPSA) is 100 Å². The van der Waals surface area contributed by atoms with Crippen molar-refractivity contribution in [2.75, 3.05) is 11.9 Å². The Labute approximate surface area is 164 Å². The lowest BCUT2D eigenvalue weighted by atomic mass is 9.97. The van der Waals surface area contributed by atoms with Crippen molar-refractivity contribution < 1.29 is 13.9 Å². The Morgan fingerprint density at radius 1 is 1.29 bits per heavy atom. The van der Waals surface area contributed by atoms with E-state index < -0.39 is 6.17 Å². The molecule has 0 saturated carbocycles. The van der Waals surface area contributed by atoms with Gasteiger partial charge in [-0.25, -0.2) is 4.39 Å². The van der Waals surface area contributed by atoms with Gasteiger partial charge in [0.2, 0.25) is 17.4 Å². The van der Waals surface area contributed by atoms with Crippen molar-refractivity contribution in [3.8, 4) is 27.8 Å². The number of rotatable bonds is 4. The van der Waals surface area contributed by atoms with Crippen molar-refractivity contribution >= 4 is 16.5 Å². The second-order valence-corrected chi connectivity index (χ2v) is 8.23. The van der Waals surface area contributed by atoms with Gasteiger partial charge in [0.05, 0.1) is 11.6 Å². The Hall–Kier alpha value is -2.59. The highest BCUT2D eigenvalue weighted by molar-refractivity contribution is 7.18. The predicted octanol–water partition coefficient (Wildman–Crippen LogP) is 2.63. The number of phenolic OH excluding ortho intramolecular Hbond substituents is 1. The van der Waals surface area contributed by atoms with Gasteiger partial charge in [0.15, 0.2) is 5.01 Å². The molecule has 4 atom stereocenters. The molecule has 2 unspecified atom stereocenters. The van der Waals surface area contributed by atoms with E-state index in [1.165, 1.54) is 17.7 Å². The lowest BCUT2D eigenvalue weighted by molar-refractivity contribution is 0.176. The molecule has 2 aliphatic rings. The molecule has 2 bridgehead atoms. The molecule has 4 heterocycles. The van der Waals surface area contributed by atoms with Crippen LogP contribution in [-0.4, -0.2) is 56.8 Å². The largest absolute Gasteiger partial charge is 0.507 e. The van der Waals surface area contributed by atoms with Crippen LogP contribution in [-0.2, 0) is 0 Å². The van der Waals surface area contributed by atoms with Gasteiger partial charge in [-0.1, -0.05) is 11.3 Å². The van der Waals surface area contributed by atoms with Crippen LogP contribution in [0.2, 0.25) is 0 Å². The molecule has 0 amide bonds. The van der Waals surface area contributed by atoms with Gasteiger partial charge in [0, 0.05) is 24.7 Å². The molecule has 5 rings (SSSR count). The number of aromatic nitrogens is 4. The SMILES string of the molecule is CN(c1nnc(-c2ccc(-c3nnco3)cc2O)s1)[C@@H]1CC2CCC(N2)[C@@H]1F. The number of nitrogens with one attached hydrogen (secondary N) is 1. The number of alkyl halides is 1. The summed E-state index contributed by atoms with van der Waals surface area (Å²) in [6.45, 7) is 0. The van der Waals surface area contributed by atoms with Gasteiger partial charge >= 0.3 is 0 Å². The van der Waals surface area contributed by atoms with Crippen LogP contribution < -0.4 is 10.2 Å². The summed E-state index contributed by atoms with van der Waals surface area (Å²) >= 11 is 1.34. The molecule has 3 aromatic rings. The van der Waals surface area contributed by atoms with Gasteiger partial charge in [-0.3, -0.25) is 0 Å². The highest BCUT2D eigenvalue weighted by Gasteiger charge is 2.44. The van der Waals surface area contributed by atoms with Crippen LogP contribution >= 0.6 is 11.3 Å². The Balaban J connectivity index is 1.39. The standard InChI is InChI=1S/C18H19FN6O2S/c1-25(13-7-10-3-5-12(21-10)15(13)19)18-24-23-17(28-18)11-4-2-9(6-14(11)26)16-22-20-8-27-16/h2,4,6,8,10,12-13,15,21,26H,3,5,7H2,1H3/t10?,12?,13-,15+/m1/s1. The van der Waals surface area contributed by atoms with Crippen LogP contribution in [0, 0.1) is 0 Å². The van der Waals surface area contributed by atoms with Crippen molar-refractivity contribution in [3.63, 3.8) is 0 Å². The van der Waals surface area contributed by atoms with Crippen molar-refractivity contribution in [2.24, 2.45) is 0 Å². The van der Waals surface area contributed by atoms with Crippen LogP contribution in [0.3, 0.4) is 0 Å². The number of hydrogen-bond acceptors (Lipinski definition) is 9. The Bertz CT molecular complexity index is 980. The smallest absolute Gasteiger partial charge is 0.247 e. The Kier molecular flexibility index (Phi) is 4.24. The maximum atomic E-state index is 14.8. The van der Waals surface area contributed by atoms with E-state index in [2.05, 4.69) is 25.7 Å². The monoisotopic (exact) mass is 402 g/mol. The molecule has 2 fully saturated rings. The molecule has 146 valence electrons. The molecule has 0 aliphatic carbocycles. The summed E-state index contributed by atoms with van der Waals surface area (Å²) in [4.78, 5) is 1.89. The number of aromatic hydroxyl groups is 1. The minimum Gasteiger partial charge on any atom is -0.507 e. The number of halogens is 1. The normalized spacial score (nSPS) is 26.5. The first-order chi connectivity index (χ1) is 13.6. The minimum atomic E-state index is -0.932. The summed E-state index contributed by atoms with van der Waals surface area (Å²) in [6, 6.07) is 5.15. The zero-order valence-electron chi connectivity index (χ0n) is 15.1. The molecule has 0 spiro atoms. The molecule has 2 N–H and O–H groups in total. The Morgan fingerprint density at radius 3 is 2.96 bits per heavy atom. The van der Waals surface area contributed by atoms with Crippen LogP contribution in [0.5, 0.6) is 5.75 Å². The highest BCUT2D eigenvalue weighted by Crippen LogP contribution is 2.38. The number of phenols is 1. The minimum absolute atomic E-state index is 0.0457. The number of hydrogen-bond donors (Lipinski definition) is 2. The Morgan fingerprint density at radius 2 is 2.18 bits per heavy atom. The van der Waals surface area contributed by atoms with Gasteiger partial charge in [0.1, 0.15) is 11.9 Å². The zero-order valence-corrected chi connectivity index (χ0v) is 15.9. The lowest BCUT2D eigenvalue weighted by Crippen LogP contribution is -2.55. The number of anilines is 1. The first kappa shape index (κ1) is 17.5. The van der Waals surface area contributed by atoms with E-state index in [1.807, 2.05) is 11.9 Å². The molecule has 2 aromatic heterocycles. The first-order valence-corrected chi connectivity index (χ1v) is 9.98. The van der Waals surface area contributed by atoms with Gasteiger partial charge in [-0.2, -0.15) is 0 Å². The second-order valence-electron chi connectivity index (χ2n) is 7.27. The average Bonchev–Trinajstić information content (AvgIpc) is 3.45. The van der Waals surface area contributed by atoms with Crippen LogP contribution in [0.15, 0.2) is 29.0 Å². The average molecular weight is 402 g/mol. The summed E-state index contributed by atoms with van der Waals surface area (Å²) in [5.74, 6) is 0.374. The molecule has 1 aromatic carbocycles. The molecule has 8 nitrogen and oxygen atoms in total. The fourth-order valence-electron chi connectivity index (χ4n) is 4.10. The number of fused-ring (bicyclic) bond motifs is 2. The van der Waals surface area contributed by atoms with Gasteiger partial charge in [-0.15, -0.1) is 20.4 Å². The zero-order chi connectivity index (χ0) is 19.3. The third-order valence-corrected chi connectivity index (χ3v) is 6.65. The maximum Gasteiger partial charge on any atom is 0.247 e. The quantitative estimate of drug-likeness (QED) is 0.687. The first-order valence-electron chi connectivity index (χ1n) is 9.16. The number of benzene rings is 1. The summed E-state index contributed by atoms with van der Waals surface area (Å²) < 4.78 is 20.0. The van der Waals surface area contributed by atoms with Gasteiger partial charge in [0.25, 0.3) is 0 Å².